The van der Waals surface area contributed by atoms with Crippen LogP contribution >= 0.6 is 0 Å². The number of aromatic carboxylic acids is 1. The van der Waals surface area contributed by atoms with E-state index in [0.717, 1.165) is 16.9 Å². The first kappa shape index (κ1) is 22.3. The smallest absolute Gasteiger partial charge is 0.336 e. The molecule has 0 saturated carbocycles. The number of aliphatic imine (C=N–C) groups is 1. The Labute approximate surface area is 185 Å². The molecule has 0 radical (unpaired) electrons. The molecule has 7 heteroatoms. The van der Waals surface area contributed by atoms with Gasteiger partial charge in [0.25, 0.3) is 0 Å². The zero-order valence-corrected chi connectivity index (χ0v) is 17.5. The number of hydrogen-bond acceptors (Lipinski definition) is 6. The largest absolute Gasteiger partial charge is 0.497 e. The summed E-state index contributed by atoms with van der Waals surface area (Å²) in [5, 5.41) is 8.94. The second-order valence-electron chi connectivity index (χ2n) is 6.55. The molecule has 1 N–H and O–H groups in total. The molecule has 0 amide bonds. The van der Waals surface area contributed by atoms with Crippen molar-refractivity contribution in [3.05, 3.63) is 89.5 Å². The number of benzene rings is 3. The van der Waals surface area contributed by atoms with Crippen LogP contribution in [0.1, 0.15) is 21.5 Å². The maximum Gasteiger partial charge on any atom is 0.336 e. The molecule has 0 aliphatic carbocycles. The standard InChI is InChI=1S/C25H21NO6/c1-30-21-11-3-17(4-12-21)6-14-24(27)32-22-13-5-18(15-23(22)31-2)16-26-20-9-7-19(8-10-20)25(28)29/h3-16H,1-2H3,(H,28,29)/b14-6+,26-16?. The number of carboxylic acids is 1. The summed E-state index contributed by atoms with van der Waals surface area (Å²) in [4.78, 5) is 27.4. The number of carbonyl (C=O) groups is 2. The molecular formula is C25H21NO6. The van der Waals surface area contributed by atoms with Crippen molar-refractivity contribution in [2.24, 2.45) is 4.99 Å². The summed E-state index contributed by atoms with van der Waals surface area (Å²) in [5.74, 6) is -0.148. The fraction of sp³-hybridized carbons (Fsp3) is 0.0800. The third-order valence-corrected chi connectivity index (χ3v) is 4.40. The summed E-state index contributed by atoms with van der Waals surface area (Å²) >= 11 is 0. The molecule has 0 bridgehead atoms. The molecule has 3 aromatic carbocycles. The van der Waals surface area contributed by atoms with Gasteiger partial charge in [-0.2, -0.15) is 0 Å². The fourth-order valence-electron chi connectivity index (χ4n) is 2.71. The van der Waals surface area contributed by atoms with Crippen LogP contribution in [0.2, 0.25) is 0 Å². The van der Waals surface area contributed by atoms with Crippen molar-refractivity contribution in [2.75, 3.05) is 14.2 Å². The molecule has 0 unspecified atom stereocenters. The number of nitrogens with zero attached hydrogens (tertiary/aromatic N) is 1. The van der Waals surface area contributed by atoms with E-state index in [1.807, 2.05) is 12.1 Å². The molecular weight excluding hydrogens is 410 g/mol. The Hall–Kier alpha value is -4.39. The minimum atomic E-state index is -0.991. The van der Waals surface area contributed by atoms with Gasteiger partial charge >= 0.3 is 11.9 Å². The molecule has 0 heterocycles. The monoisotopic (exact) mass is 431 g/mol. The zero-order valence-electron chi connectivity index (χ0n) is 17.5. The summed E-state index contributed by atoms with van der Waals surface area (Å²) in [6.07, 6.45) is 4.58. The van der Waals surface area contributed by atoms with Crippen LogP contribution in [-0.2, 0) is 4.79 Å². The lowest BCUT2D eigenvalue weighted by atomic mass is 10.2. The fourth-order valence-corrected chi connectivity index (χ4v) is 2.71. The van der Waals surface area contributed by atoms with E-state index in [-0.39, 0.29) is 11.3 Å². The summed E-state index contributed by atoms with van der Waals surface area (Å²) in [6.45, 7) is 0. The Morgan fingerprint density at radius 1 is 0.844 bits per heavy atom. The van der Waals surface area contributed by atoms with E-state index in [0.29, 0.717) is 11.4 Å². The van der Waals surface area contributed by atoms with Crippen molar-refractivity contribution in [2.45, 2.75) is 0 Å². The maximum atomic E-state index is 12.2. The molecule has 0 aliphatic heterocycles. The number of methoxy groups -OCH3 is 2. The van der Waals surface area contributed by atoms with Crippen molar-refractivity contribution in [3.63, 3.8) is 0 Å². The second kappa shape index (κ2) is 10.6. The Balaban J connectivity index is 1.66. The normalized spacial score (nSPS) is 10.9. The Morgan fingerprint density at radius 2 is 1.53 bits per heavy atom. The summed E-state index contributed by atoms with van der Waals surface area (Å²) in [6, 6.07) is 18.5. The van der Waals surface area contributed by atoms with Gasteiger partial charge in [-0.25, -0.2) is 9.59 Å². The molecule has 0 aliphatic rings. The number of rotatable bonds is 8. The first-order chi connectivity index (χ1) is 15.5. The van der Waals surface area contributed by atoms with Gasteiger partial charge in [-0.05, 0) is 71.8 Å². The summed E-state index contributed by atoms with van der Waals surface area (Å²) in [7, 11) is 3.07. The number of carbonyl (C=O) groups excluding carboxylic acids is 1. The number of esters is 1. The van der Waals surface area contributed by atoms with E-state index in [2.05, 4.69) is 4.99 Å². The Morgan fingerprint density at radius 3 is 2.16 bits per heavy atom. The Bertz CT molecular complexity index is 1150. The van der Waals surface area contributed by atoms with Gasteiger partial charge in [-0.15, -0.1) is 0 Å². The van der Waals surface area contributed by atoms with Crippen LogP contribution in [0.5, 0.6) is 17.2 Å². The zero-order chi connectivity index (χ0) is 22.9. The van der Waals surface area contributed by atoms with Gasteiger partial charge in [0.15, 0.2) is 11.5 Å². The average Bonchev–Trinajstić information content (AvgIpc) is 2.82. The highest BCUT2D eigenvalue weighted by Crippen LogP contribution is 2.28. The molecule has 32 heavy (non-hydrogen) atoms. The first-order valence-corrected chi connectivity index (χ1v) is 9.58. The third kappa shape index (κ3) is 6.06. The van der Waals surface area contributed by atoms with Crippen LogP contribution in [0.25, 0.3) is 6.08 Å². The summed E-state index contributed by atoms with van der Waals surface area (Å²) < 4.78 is 15.8. The lowest BCUT2D eigenvalue weighted by Crippen LogP contribution is -2.05. The second-order valence-corrected chi connectivity index (χ2v) is 6.55. The van der Waals surface area contributed by atoms with E-state index in [1.165, 1.54) is 25.3 Å². The van der Waals surface area contributed by atoms with Gasteiger partial charge in [-0.1, -0.05) is 12.1 Å². The van der Waals surface area contributed by atoms with Crippen LogP contribution in [-0.4, -0.2) is 37.5 Å². The molecule has 0 atom stereocenters. The van der Waals surface area contributed by atoms with E-state index in [9.17, 15) is 9.59 Å². The van der Waals surface area contributed by atoms with Crippen LogP contribution in [0, 0.1) is 0 Å². The number of hydrogen-bond donors (Lipinski definition) is 1. The molecule has 0 aromatic heterocycles. The number of carboxylic acid groups (broad SMARTS) is 1. The van der Waals surface area contributed by atoms with E-state index < -0.39 is 11.9 Å². The molecule has 162 valence electrons. The first-order valence-electron chi connectivity index (χ1n) is 9.58. The minimum absolute atomic E-state index is 0.192. The van der Waals surface area contributed by atoms with Crippen molar-refractivity contribution >= 4 is 29.9 Å². The highest BCUT2D eigenvalue weighted by atomic mass is 16.6. The molecule has 0 fully saturated rings. The van der Waals surface area contributed by atoms with Gasteiger partial charge in [0.2, 0.25) is 0 Å². The van der Waals surface area contributed by atoms with Crippen LogP contribution < -0.4 is 14.2 Å². The molecule has 7 nitrogen and oxygen atoms in total. The van der Waals surface area contributed by atoms with Crippen molar-refractivity contribution < 1.29 is 28.9 Å². The van der Waals surface area contributed by atoms with Crippen molar-refractivity contribution in [3.8, 4) is 17.2 Å². The van der Waals surface area contributed by atoms with E-state index >= 15 is 0 Å². The highest BCUT2D eigenvalue weighted by molar-refractivity contribution is 5.90. The molecule has 0 spiro atoms. The number of ether oxygens (including phenoxy) is 3. The molecule has 3 rings (SSSR count). The third-order valence-electron chi connectivity index (χ3n) is 4.40. The van der Waals surface area contributed by atoms with E-state index in [1.54, 1.807) is 61.9 Å². The molecule has 0 saturated heterocycles. The van der Waals surface area contributed by atoms with Gasteiger partial charge in [-0.3, -0.25) is 4.99 Å². The van der Waals surface area contributed by atoms with E-state index in [4.69, 9.17) is 19.3 Å². The Kier molecular flexibility index (Phi) is 7.37. The minimum Gasteiger partial charge on any atom is -0.497 e. The lowest BCUT2D eigenvalue weighted by molar-refractivity contribution is -0.129. The lowest BCUT2D eigenvalue weighted by Gasteiger charge is -2.08. The highest BCUT2D eigenvalue weighted by Gasteiger charge is 2.09. The predicted octanol–water partition coefficient (Wildman–Crippen LogP) is 4.77. The van der Waals surface area contributed by atoms with Crippen molar-refractivity contribution in [1.29, 1.82) is 0 Å². The van der Waals surface area contributed by atoms with Gasteiger partial charge < -0.3 is 19.3 Å². The van der Waals surface area contributed by atoms with Crippen LogP contribution in [0.4, 0.5) is 5.69 Å². The van der Waals surface area contributed by atoms with Crippen LogP contribution in [0.15, 0.2) is 77.8 Å². The van der Waals surface area contributed by atoms with Crippen molar-refractivity contribution in [1.82, 2.24) is 0 Å². The van der Waals surface area contributed by atoms with Gasteiger partial charge in [0.05, 0.1) is 25.5 Å². The molecule has 3 aromatic rings. The van der Waals surface area contributed by atoms with Gasteiger partial charge in [0.1, 0.15) is 5.75 Å². The maximum absolute atomic E-state index is 12.2. The predicted molar refractivity (Wildman–Crippen MR) is 121 cm³/mol. The average molecular weight is 431 g/mol. The SMILES string of the molecule is COc1ccc(/C=C/C(=O)Oc2ccc(C=Nc3ccc(C(=O)O)cc3)cc2OC)cc1. The summed E-state index contributed by atoms with van der Waals surface area (Å²) in [5.41, 5.74) is 2.35. The topological polar surface area (TPSA) is 94.4 Å². The van der Waals surface area contributed by atoms with Gasteiger partial charge in [0, 0.05) is 12.3 Å². The van der Waals surface area contributed by atoms with Crippen LogP contribution in [0.3, 0.4) is 0 Å². The quantitative estimate of drug-likeness (QED) is 0.239.